The van der Waals surface area contributed by atoms with Crippen molar-refractivity contribution in [2.75, 3.05) is 23.7 Å². The number of halogens is 3. The summed E-state index contributed by atoms with van der Waals surface area (Å²) in [6.07, 6.45) is 3.39. The number of unbranched alkanes of at least 4 members (excludes halogenated alkanes) is 1. The van der Waals surface area contributed by atoms with Crippen LogP contribution >= 0.6 is 34.8 Å². The molecule has 0 aromatic heterocycles. The molecule has 42 heavy (non-hydrogen) atoms. The predicted octanol–water partition coefficient (Wildman–Crippen LogP) is 6.75. The third kappa shape index (κ3) is 10.2. The fourth-order valence-corrected chi connectivity index (χ4v) is 6.06. The maximum absolute atomic E-state index is 13.9. The van der Waals surface area contributed by atoms with Crippen LogP contribution in [0.5, 0.6) is 0 Å². The third-order valence-corrected chi connectivity index (χ3v) is 8.76. The van der Waals surface area contributed by atoms with E-state index in [1.165, 1.54) is 9.21 Å². The lowest BCUT2D eigenvalue weighted by molar-refractivity contribution is -0.141. The average molecular weight is 653 g/mol. The van der Waals surface area contributed by atoms with Gasteiger partial charge in [-0.1, -0.05) is 84.5 Å². The number of nitrogens with zero attached hydrogens (tertiary/aromatic N) is 2. The summed E-state index contributed by atoms with van der Waals surface area (Å²) < 4.78 is 26.4. The SMILES string of the molecule is CCCCNC(=O)[C@@H](Cc1ccccc1)N(Cc1ccc(Cl)cc1Cl)C(=O)CCCN(c1ccc(Cl)cc1)S(C)(=O)=O. The Labute approximate surface area is 263 Å². The first kappa shape index (κ1) is 33.7. The first-order chi connectivity index (χ1) is 20.0. The lowest BCUT2D eigenvalue weighted by Crippen LogP contribution is -2.50. The molecule has 0 aliphatic heterocycles. The molecule has 0 unspecified atom stereocenters. The number of benzene rings is 3. The molecular formula is C31H36Cl3N3O4S. The highest BCUT2D eigenvalue weighted by atomic mass is 35.5. The maximum atomic E-state index is 13.9. The van der Waals surface area contributed by atoms with Crippen LogP contribution in [0.25, 0.3) is 0 Å². The van der Waals surface area contributed by atoms with Gasteiger partial charge in [0.25, 0.3) is 0 Å². The summed E-state index contributed by atoms with van der Waals surface area (Å²) in [5.74, 6) is -0.554. The number of nitrogens with one attached hydrogen (secondary N) is 1. The Morgan fingerprint density at radius 1 is 0.905 bits per heavy atom. The van der Waals surface area contributed by atoms with E-state index in [0.717, 1.165) is 24.7 Å². The zero-order chi connectivity index (χ0) is 30.7. The molecule has 0 radical (unpaired) electrons. The molecule has 3 rings (SSSR count). The quantitative estimate of drug-likeness (QED) is 0.184. The summed E-state index contributed by atoms with van der Waals surface area (Å²) in [7, 11) is -3.62. The topological polar surface area (TPSA) is 86.8 Å². The minimum Gasteiger partial charge on any atom is -0.354 e. The second-order valence-electron chi connectivity index (χ2n) is 10.0. The lowest BCUT2D eigenvalue weighted by Gasteiger charge is -2.32. The number of anilines is 1. The molecule has 226 valence electrons. The molecule has 0 heterocycles. The molecule has 0 bridgehead atoms. The maximum Gasteiger partial charge on any atom is 0.243 e. The van der Waals surface area contributed by atoms with E-state index in [-0.39, 0.29) is 37.7 Å². The normalized spacial score (nSPS) is 12.0. The van der Waals surface area contributed by atoms with E-state index in [2.05, 4.69) is 5.32 Å². The summed E-state index contributed by atoms with van der Waals surface area (Å²) in [5.41, 5.74) is 2.00. The van der Waals surface area contributed by atoms with E-state index >= 15 is 0 Å². The van der Waals surface area contributed by atoms with Gasteiger partial charge in [0.05, 0.1) is 11.9 Å². The smallest absolute Gasteiger partial charge is 0.243 e. The van der Waals surface area contributed by atoms with E-state index in [1.54, 1.807) is 42.5 Å². The first-order valence-electron chi connectivity index (χ1n) is 13.8. The molecule has 0 aliphatic rings. The Balaban J connectivity index is 1.89. The Hall–Kier alpha value is -2.78. The van der Waals surface area contributed by atoms with Gasteiger partial charge in [-0.2, -0.15) is 0 Å². The molecule has 2 amide bonds. The Bertz CT molecular complexity index is 1440. The first-order valence-corrected chi connectivity index (χ1v) is 16.8. The van der Waals surface area contributed by atoms with Crippen molar-refractivity contribution in [1.29, 1.82) is 0 Å². The summed E-state index contributed by atoms with van der Waals surface area (Å²) in [6.45, 7) is 2.69. The van der Waals surface area contributed by atoms with Crippen LogP contribution in [-0.4, -0.2) is 50.5 Å². The average Bonchev–Trinajstić information content (AvgIpc) is 2.94. The number of hydrogen-bond donors (Lipinski definition) is 1. The van der Waals surface area contributed by atoms with Crippen LogP contribution in [0.4, 0.5) is 5.69 Å². The molecule has 1 atom stereocenters. The van der Waals surface area contributed by atoms with Crippen molar-refractivity contribution in [3.8, 4) is 0 Å². The molecule has 11 heteroatoms. The fourth-order valence-electron chi connectivity index (χ4n) is 4.50. The van der Waals surface area contributed by atoms with Crippen molar-refractivity contribution < 1.29 is 18.0 Å². The van der Waals surface area contributed by atoms with E-state index in [4.69, 9.17) is 34.8 Å². The zero-order valence-corrected chi connectivity index (χ0v) is 26.8. The minimum atomic E-state index is -3.62. The Morgan fingerprint density at radius 2 is 1.57 bits per heavy atom. The van der Waals surface area contributed by atoms with Gasteiger partial charge >= 0.3 is 0 Å². The van der Waals surface area contributed by atoms with Crippen molar-refractivity contribution in [2.24, 2.45) is 0 Å². The second kappa shape index (κ2) is 16.2. The number of sulfonamides is 1. The highest BCUT2D eigenvalue weighted by molar-refractivity contribution is 7.92. The van der Waals surface area contributed by atoms with Gasteiger partial charge < -0.3 is 10.2 Å². The summed E-state index contributed by atoms with van der Waals surface area (Å²) in [6, 6.07) is 20.2. The van der Waals surface area contributed by atoms with Gasteiger partial charge in [0.1, 0.15) is 6.04 Å². The van der Waals surface area contributed by atoms with Gasteiger partial charge in [-0.15, -0.1) is 0 Å². The summed E-state index contributed by atoms with van der Waals surface area (Å²) >= 11 is 18.6. The van der Waals surface area contributed by atoms with E-state index in [9.17, 15) is 18.0 Å². The van der Waals surface area contributed by atoms with Gasteiger partial charge in [0.15, 0.2) is 0 Å². The largest absolute Gasteiger partial charge is 0.354 e. The summed E-state index contributed by atoms with van der Waals surface area (Å²) in [5, 5.41) is 4.32. The van der Waals surface area contributed by atoms with Crippen LogP contribution in [0.1, 0.15) is 43.7 Å². The second-order valence-corrected chi connectivity index (χ2v) is 13.2. The van der Waals surface area contributed by atoms with Gasteiger partial charge in [-0.05, 0) is 60.4 Å². The molecule has 7 nitrogen and oxygen atoms in total. The number of carbonyl (C=O) groups excluding carboxylic acids is 2. The molecule has 0 saturated heterocycles. The number of rotatable bonds is 15. The monoisotopic (exact) mass is 651 g/mol. The molecule has 3 aromatic carbocycles. The van der Waals surface area contributed by atoms with Crippen molar-refractivity contribution in [3.05, 3.63) is 99.0 Å². The van der Waals surface area contributed by atoms with Crippen LogP contribution in [-0.2, 0) is 32.6 Å². The predicted molar refractivity (Wildman–Crippen MR) is 172 cm³/mol. The van der Waals surface area contributed by atoms with Crippen molar-refractivity contribution >= 4 is 62.3 Å². The fraction of sp³-hybridized carbons (Fsp3) is 0.355. The van der Waals surface area contributed by atoms with Gasteiger partial charge in [0, 0.05) is 47.5 Å². The molecule has 3 aromatic rings. The zero-order valence-electron chi connectivity index (χ0n) is 23.7. The molecule has 1 N–H and O–H groups in total. The minimum absolute atomic E-state index is 0.0123. The van der Waals surface area contributed by atoms with Gasteiger partial charge in [0.2, 0.25) is 21.8 Å². The molecular weight excluding hydrogens is 617 g/mol. The number of amides is 2. The van der Waals surface area contributed by atoms with Crippen molar-refractivity contribution in [1.82, 2.24) is 10.2 Å². The van der Waals surface area contributed by atoms with E-state index in [0.29, 0.717) is 39.3 Å². The number of carbonyl (C=O) groups is 2. The van der Waals surface area contributed by atoms with E-state index in [1.807, 2.05) is 37.3 Å². The third-order valence-electron chi connectivity index (χ3n) is 6.72. The lowest BCUT2D eigenvalue weighted by atomic mass is 10.0. The molecule has 0 fully saturated rings. The van der Waals surface area contributed by atoms with Crippen LogP contribution in [0.2, 0.25) is 15.1 Å². The van der Waals surface area contributed by atoms with Crippen LogP contribution in [0.3, 0.4) is 0 Å². The molecule has 0 saturated carbocycles. The number of hydrogen-bond acceptors (Lipinski definition) is 4. The Kier molecular flexibility index (Phi) is 13.0. The highest BCUT2D eigenvalue weighted by Crippen LogP contribution is 2.25. The molecule has 0 spiro atoms. The highest BCUT2D eigenvalue weighted by Gasteiger charge is 2.31. The Morgan fingerprint density at radius 3 is 2.19 bits per heavy atom. The molecule has 0 aliphatic carbocycles. The summed E-state index contributed by atoms with van der Waals surface area (Å²) in [4.78, 5) is 29.0. The van der Waals surface area contributed by atoms with Gasteiger partial charge in [-0.3, -0.25) is 13.9 Å². The van der Waals surface area contributed by atoms with Gasteiger partial charge in [-0.25, -0.2) is 8.42 Å². The van der Waals surface area contributed by atoms with Crippen molar-refractivity contribution in [2.45, 2.75) is 51.6 Å². The van der Waals surface area contributed by atoms with Crippen LogP contribution < -0.4 is 9.62 Å². The van der Waals surface area contributed by atoms with Crippen molar-refractivity contribution in [3.63, 3.8) is 0 Å². The standard InChI is InChI=1S/C31H36Cl3N3O4S/c1-3-4-18-35-31(39)29(20-23-9-6-5-7-10-23)36(22-24-12-13-26(33)21-28(24)34)30(38)11-8-19-37(42(2,40)41)27-16-14-25(32)15-17-27/h5-7,9-10,12-17,21,29H,3-4,8,11,18-20,22H2,1-2H3,(H,35,39)/t29-/m1/s1. The van der Waals surface area contributed by atoms with E-state index < -0.39 is 16.1 Å². The van der Waals surface area contributed by atoms with Crippen LogP contribution in [0, 0.1) is 0 Å². The van der Waals surface area contributed by atoms with Crippen LogP contribution in [0.15, 0.2) is 72.8 Å².